The van der Waals surface area contributed by atoms with Crippen molar-refractivity contribution in [3.05, 3.63) is 131 Å². The summed E-state index contributed by atoms with van der Waals surface area (Å²) in [6.07, 6.45) is 4.21. The number of nitrogens with zero attached hydrogens (tertiary/aromatic N) is 2. The molecule has 0 atom stereocenters. The minimum Gasteiger partial charge on any atom is -0.317 e. The quantitative estimate of drug-likeness (QED) is 0.206. The number of aromatic nitrogens is 2. The van der Waals surface area contributed by atoms with Gasteiger partial charge in [0.15, 0.2) is 0 Å². The predicted molar refractivity (Wildman–Crippen MR) is 142 cm³/mol. The largest absolute Gasteiger partial charge is 0.317 e. The van der Waals surface area contributed by atoms with E-state index in [1.54, 1.807) is 0 Å². The lowest BCUT2D eigenvalue weighted by atomic mass is 10.2. The molecule has 4 heteroatoms. The van der Waals surface area contributed by atoms with Crippen LogP contribution in [0.25, 0.3) is 33.2 Å². The predicted octanol–water partition coefficient (Wildman–Crippen LogP) is 8.79. The number of fused-ring (bicyclic) bond motifs is 2. The SMILES string of the molecule is Brc1ccc(-n2ccc3ccccc32)cc1.Brc1ccc(-n2ccc3ccccc32)cc1. The van der Waals surface area contributed by atoms with E-state index >= 15 is 0 Å². The first-order valence-electron chi connectivity index (χ1n) is 10.3. The Morgan fingerprint density at radius 1 is 0.406 bits per heavy atom. The number of rotatable bonds is 2. The van der Waals surface area contributed by atoms with E-state index < -0.39 is 0 Å². The lowest BCUT2D eigenvalue weighted by molar-refractivity contribution is 1.13. The Bertz CT molecular complexity index is 1360. The molecule has 6 aromatic rings. The van der Waals surface area contributed by atoms with Crippen LogP contribution in [-0.4, -0.2) is 9.13 Å². The summed E-state index contributed by atoms with van der Waals surface area (Å²) >= 11 is 6.90. The van der Waals surface area contributed by atoms with Crippen molar-refractivity contribution in [1.29, 1.82) is 0 Å². The van der Waals surface area contributed by atoms with Crippen LogP contribution in [0.1, 0.15) is 0 Å². The summed E-state index contributed by atoms with van der Waals surface area (Å²) in [5.41, 5.74) is 4.85. The molecule has 0 radical (unpaired) electrons. The molecular weight excluding hydrogens is 524 g/mol. The molecule has 0 saturated heterocycles. The second-order valence-electron chi connectivity index (χ2n) is 7.44. The third-order valence-corrected chi connectivity index (χ3v) is 6.47. The fourth-order valence-corrected chi connectivity index (χ4v) is 4.35. The molecule has 0 amide bonds. The first-order valence-corrected chi connectivity index (χ1v) is 11.9. The number of hydrogen-bond donors (Lipinski definition) is 0. The molecule has 2 heterocycles. The molecular formula is C28H20Br2N2. The molecule has 0 aliphatic rings. The van der Waals surface area contributed by atoms with E-state index in [0.717, 1.165) is 8.95 Å². The van der Waals surface area contributed by atoms with E-state index in [9.17, 15) is 0 Å². The lowest BCUT2D eigenvalue weighted by Gasteiger charge is -2.05. The van der Waals surface area contributed by atoms with Gasteiger partial charge in [0.05, 0.1) is 11.0 Å². The summed E-state index contributed by atoms with van der Waals surface area (Å²) in [4.78, 5) is 0. The van der Waals surface area contributed by atoms with Crippen LogP contribution >= 0.6 is 31.9 Å². The van der Waals surface area contributed by atoms with Crippen molar-refractivity contribution in [2.24, 2.45) is 0 Å². The second-order valence-corrected chi connectivity index (χ2v) is 9.27. The topological polar surface area (TPSA) is 9.86 Å². The highest BCUT2D eigenvalue weighted by Crippen LogP contribution is 2.22. The Labute approximate surface area is 204 Å². The van der Waals surface area contributed by atoms with Gasteiger partial charge >= 0.3 is 0 Å². The molecule has 6 rings (SSSR count). The smallest absolute Gasteiger partial charge is 0.0528 e. The minimum atomic E-state index is 1.10. The molecule has 156 valence electrons. The molecule has 0 bridgehead atoms. The van der Waals surface area contributed by atoms with Gasteiger partial charge in [-0.25, -0.2) is 0 Å². The Hall–Kier alpha value is -3.08. The van der Waals surface area contributed by atoms with Crippen LogP contribution in [0.15, 0.2) is 131 Å². The van der Waals surface area contributed by atoms with Gasteiger partial charge in [-0.05, 0) is 83.6 Å². The Morgan fingerprint density at radius 2 is 0.781 bits per heavy atom. The van der Waals surface area contributed by atoms with Gasteiger partial charge in [-0.3, -0.25) is 0 Å². The molecule has 0 spiro atoms. The van der Waals surface area contributed by atoms with Gasteiger partial charge in [-0.1, -0.05) is 68.3 Å². The maximum absolute atomic E-state index is 3.45. The molecule has 4 aromatic carbocycles. The Kier molecular flexibility index (Phi) is 5.97. The number of para-hydroxylation sites is 2. The fraction of sp³-hybridized carbons (Fsp3) is 0. The summed E-state index contributed by atoms with van der Waals surface area (Å²) in [7, 11) is 0. The summed E-state index contributed by atoms with van der Waals surface area (Å²) in [6.45, 7) is 0. The number of benzene rings is 4. The van der Waals surface area contributed by atoms with E-state index in [2.05, 4.69) is 163 Å². The van der Waals surface area contributed by atoms with Gasteiger partial charge in [0.2, 0.25) is 0 Å². The highest BCUT2D eigenvalue weighted by Gasteiger charge is 2.02. The number of halogens is 2. The molecule has 2 nitrogen and oxygen atoms in total. The normalized spacial score (nSPS) is 10.8. The highest BCUT2D eigenvalue weighted by molar-refractivity contribution is 9.10. The molecule has 32 heavy (non-hydrogen) atoms. The molecule has 0 unspecified atom stereocenters. The van der Waals surface area contributed by atoms with E-state index in [1.165, 1.54) is 33.2 Å². The van der Waals surface area contributed by atoms with Gasteiger partial charge in [-0.15, -0.1) is 0 Å². The van der Waals surface area contributed by atoms with Crippen LogP contribution in [0.5, 0.6) is 0 Å². The van der Waals surface area contributed by atoms with Gasteiger partial charge < -0.3 is 9.13 Å². The standard InChI is InChI=1S/2C14H10BrN/c2*15-12-5-7-13(8-6-12)16-10-9-11-3-1-2-4-14(11)16/h2*1-10H. The minimum absolute atomic E-state index is 1.10. The average molecular weight is 544 g/mol. The van der Waals surface area contributed by atoms with E-state index in [0.29, 0.717) is 0 Å². The first-order chi connectivity index (χ1) is 15.7. The molecule has 0 fully saturated rings. The molecule has 0 N–H and O–H groups in total. The number of hydrogen-bond acceptors (Lipinski definition) is 0. The average Bonchev–Trinajstić information content (AvgIpc) is 3.45. The monoisotopic (exact) mass is 542 g/mol. The van der Waals surface area contributed by atoms with Crippen molar-refractivity contribution in [2.45, 2.75) is 0 Å². The van der Waals surface area contributed by atoms with Crippen LogP contribution in [0.4, 0.5) is 0 Å². The maximum atomic E-state index is 3.45. The zero-order chi connectivity index (χ0) is 21.9. The third-order valence-electron chi connectivity index (χ3n) is 5.41. The van der Waals surface area contributed by atoms with Crippen molar-refractivity contribution in [2.75, 3.05) is 0 Å². The van der Waals surface area contributed by atoms with Crippen molar-refractivity contribution in [3.63, 3.8) is 0 Å². The highest BCUT2D eigenvalue weighted by atomic mass is 79.9. The van der Waals surface area contributed by atoms with Crippen molar-refractivity contribution >= 4 is 53.7 Å². The second kappa shape index (κ2) is 9.19. The lowest BCUT2D eigenvalue weighted by Crippen LogP contribution is -1.90. The fourth-order valence-electron chi connectivity index (χ4n) is 3.82. The zero-order valence-electron chi connectivity index (χ0n) is 17.2. The van der Waals surface area contributed by atoms with E-state index in [1.807, 2.05) is 0 Å². The molecule has 2 aromatic heterocycles. The third kappa shape index (κ3) is 4.29. The van der Waals surface area contributed by atoms with Gasteiger partial charge in [0.1, 0.15) is 0 Å². The maximum Gasteiger partial charge on any atom is 0.0528 e. The Morgan fingerprint density at radius 3 is 1.19 bits per heavy atom. The van der Waals surface area contributed by atoms with Crippen LogP contribution in [0.2, 0.25) is 0 Å². The van der Waals surface area contributed by atoms with Gasteiger partial charge in [-0.2, -0.15) is 0 Å². The zero-order valence-corrected chi connectivity index (χ0v) is 20.4. The van der Waals surface area contributed by atoms with Crippen LogP contribution in [0.3, 0.4) is 0 Å². The molecule has 0 saturated carbocycles. The van der Waals surface area contributed by atoms with Crippen molar-refractivity contribution in [1.82, 2.24) is 9.13 Å². The summed E-state index contributed by atoms with van der Waals surface area (Å²) in [5.74, 6) is 0. The summed E-state index contributed by atoms with van der Waals surface area (Å²) in [5, 5.41) is 2.54. The van der Waals surface area contributed by atoms with E-state index in [-0.39, 0.29) is 0 Å². The van der Waals surface area contributed by atoms with Crippen LogP contribution in [-0.2, 0) is 0 Å². The first kappa shape index (κ1) is 20.8. The molecule has 0 aliphatic carbocycles. The van der Waals surface area contributed by atoms with E-state index in [4.69, 9.17) is 0 Å². The van der Waals surface area contributed by atoms with Gasteiger partial charge in [0.25, 0.3) is 0 Å². The van der Waals surface area contributed by atoms with Crippen molar-refractivity contribution < 1.29 is 0 Å². The Balaban J connectivity index is 0.000000135. The molecule has 0 aliphatic heterocycles. The van der Waals surface area contributed by atoms with Crippen LogP contribution in [0, 0.1) is 0 Å². The summed E-state index contributed by atoms with van der Waals surface area (Å²) < 4.78 is 6.60. The van der Waals surface area contributed by atoms with Crippen molar-refractivity contribution in [3.8, 4) is 11.4 Å². The van der Waals surface area contributed by atoms with Crippen LogP contribution < -0.4 is 0 Å². The van der Waals surface area contributed by atoms with Gasteiger partial charge in [0, 0.05) is 32.7 Å². The summed E-state index contributed by atoms with van der Waals surface area (Å²) in [6, 6.07) is 37.7.